The Morgan fingerprint density at radius 1 is 1.44 bits per heavy atom. The molecule has 0 N–H and O–H groups in total. The van der Waals surface area contributed by atoms with Crippen LogP contribution >= 0.6 is 34.8 Å². The van der Waals surface area contributed by atoms with Gasteiger partial charge in [-0.2, -0.15) is 0 Å². The molecule has 16 heavy (non-hydrogen) atoms. The Bertz CT molecular complexity index is 276. The van der Waals surface area contributed by atoms with Crippen LogP contribution < -0.4 is 0 Å². The molecule has 0 radical (unpaired) electrons. The molecule has 1 aliphatic heterocycles. The quantitative estimate of drug-likeness (QED) is 0.586. The van der Waals surface area contributed by atoms with E-state index in [2.05, 4.69) is 18.9 Å². The highest BCUT2D eigenvalue weighted by molar-refractivity contribution is 6.67. The summed E-state index contributed by atoms with van der Waals surface area (Å²) >= 11 is 16.0. The topological polar surface area (TPSA) is 71.1 Å². The SMILES string of the molecule is O=C(OCC1COC(=O)O1)OCC(Cl)(Cl)Cl. The van der Waals surface area contributed by atoms with Crippen molar-refractivity contribution < 1.29 is 28.5 Å². The Morgan fingerprint density at radius 2 is 2.12 bits per heavy atom. The molecule has 92 valence electrons. The van der Waals surface area contributed by atoms with Crippen LogP contribution in [0.1, 0.15) is 0 Å². The van der Waals surface area contributed by atoms with Gasteiger partial charge in [0, 0.05) is 0 Å². The third kappa shape index (κ3) is 5.48. The smallest absolute Gasteiger partial charge is 0.430 e. The van der Waals surface area contributed by atoms with Crippen LogP contribution in [0.5, 0.6) is 0 Å². The van der Waals surface area contributed by atoms with E-state index in [0.717, 1.165) is 0 Å². The van der Waals surface area contributed by atoms with Crippen LogP contribution in [0, 0.1) is 0 Å². The summed E-state index contributed by atoms with van der Waals surface area (Å²) in [6.45, 7) is -0.585. The molecule has 0 amide bonds. The molecule has 0 spiro atoms. The molecule has 0 aromatic rings. The Balaban J connectivity index is 2.13. The van der Waals surface area contributed by atoms with Gasteiger partial charge in [-0.3, -0.25) is 0 Å². The van der Waals surface area contributed by atoms with Crippen molar-refractivity contribution >= 4 is 47.1 Å². The first-order valence-electron chi connectivity index (χ1n) is 4.06. The molecule has 1 unspecified atom stereocenters. The van der Waals surface area contributed by atoms with Crippen molar-refractivity contribution in [1.29, 1.82) is 0 Å². The second-order valence-electron chi connectivity index (χ2n) is 2.77. The van der Waals surface area contributed by atoms with Gasteiger partial charge in [-0.05, 0) is 0 Å². The van der Waals surface area contributed by atoms with E-state index in [1.165, 1.54) is 0 Å². The van der Waals surface area contributed by atoms with Gasteiger partial charge in [0.05, 0.1) is 0 Å². The minimum Gasteiger partial charge on any atom is -0.430 e. The summed E-state index contributed by atoms with van der Waals surface area (Å²) in [6.07, 6.45) is -2.45. The summed E-state index contributed by atoms with van der Waals surface area (Å²) in [5, 5.41) is 0. The van der Waals surface area contributed by atoms with Gasteiger partial charge in [0.25, 0.3) is 0 Å². The van der Waals surface area contributed by atoms with Gasteiger partial charge >= 0.3 is 12.3 Å². The minimum absolute atomic E-state index is 0.0244. The maximum atomic E-state index is 10.9. The van der Waals surface area contributed by atoms with Crippen LogP contribution in [0.15, 0.2) is 0 Å². The highest BCUT2D eigenvalue weighted by Crippen LogP contribution is 2.26. The molecule has 0 aromatic carbocycles. The first-order valence-corrected chi connectivity index (χ1v) is 5.20. The van der Waals surface area contributed by atoms with Crippen LogP contribution in [0.3, 0.4) is 0 Å². The molecular formula is C7H7Cl3O6. The van der Waals surface area contributed by atoms with Crippen molar-refractivity contribution in [2.75, 3.05) is 19.8 Å². The Labute approximate surface area is 106 Å². The summed E-state index contributed by atoms with van der Waals surface area (Å²) < 4.78 is 16.4. The van der Waals surface area contributed by atoms with Crippen LogP contribution in [0.2, 0.25) is 0 Å². The molecule has 1 saturated heterocycles. The van der Waals surface area contributed by atoms with Crippen molar-refractivity contribution in [3.05, 3.63) is 0 Å². The Kier molecular flexibility index (Phi) is 4.76. The van der Waals surface area contributed by atoms with E-state index >= 15 is 0 Å². The molecule has 6 nitrogen and oxygen atoms in total. The normalized spacial score (nSPS) is 19.9. The summed E-state index contributed by atoms with van der Waals surface area (Å²) in [6, 6.07) is 0. The lowest BCUT2D eigenvalue weighted by atomic mass is 10.4. The molecular weight excluding hydrogens is 286 g/mol. The molecule has 1 aliphatic rings. The average molecular weight is 293 g/mol. The zero-order valence-corrected chi connectivity index (χ0v) is 10.0. The standard InChI is InChI=1S/C7H7Cl3O6/c8-7(9,10)3-15-5(11)13-1-4-2-14-6(12)16-4/h4H,1-3H2. The second-order valence-corrected chi connectivity index (χ2v) is 5.28. The fraction of sp³-hybridized carbons (Fsp3) is 0.714. The molecule has 1 rings (SSSR count). The third-order valence-corrected chi connectivity index (χ3v) is 1.72. The van der Waals surface area contributed by atoms with Gasteiger partial charge in [-0.25, -0.2) is 9.59 Å². The predicted molar refractivity (Wildman–Crippen MR) is 53.8 cm³/mol. The molecule has 1 heterocycles. The molecule has 0 bridgehead atoms. The average Bonchev–Trinajstić information content (AvgIpc) is 2.57. The number of rotatable bonds is 3. The monoisotopic (exact) mass is 292 g/mol. The lowest BCUT2D eigenvalue weighted by molar-refractivity contribution is 0.0255. The van der Waals surface area contributed by atoms with E-state index < -0.39 is 28.8 Å². The predicted octanol–water partition coefficient (Wildman–Crippen LogP) is 2.05. The largest absolute Gasteiger partial charge is 0.508 e. The number of hydrogen-bond donors (Lipinski definition) is 0. The fourth-order valence-corrected chi connectivity index (χ4v) is 0.954. The van der Waals surface area contributed by atoms with Crippen molar-refractivity contribution in [3.8, 4) is 0 Å². The molecule has 9 heteroatoms. The Hall–Kier alpha value is -0.590. The molecule has 0 saturated carbocycles. The van der Waals surface area contributed by atoms with Crippen molar-refractivity contribution in [2.45, 2.75) is 9.90 Å². The number of hydrogen-bond acceptors (Lipinski definition) is 6. The van der Waals surface area contributed by atoms with Gasteiger partial charge in [-0.15, -0.1) is 0 Å². The van der Waals surface area contributed by atoms with E-state index in [-0.39, 0.29) is 13.2 Å². The summed E-state index contributed by atoms with van der Waals surface area (Å²) in [5.41, 5.74) is 0. The lowest BCUT2D eigenvalue weighted by Gasteiger charge is -2.12. The fourth-order valence-electron chi connectivity index (χ4n) is 0.791. The van der Waals surface area contributed by atoms with E-state index in [0.29, 0.717) is 0 Å². The van der Waals surface area contributed by atoms with Crippen molar-refractivity contribution in [2.24, 2.45) is 0 Å². The van der Waals surface area contributed by atoms with Crippen molar-refractivity contribution in [1.82, 2.24) is 0 Å². The highest BCUT2D eigenvalue weighted by atomic mass is 35.6. The van der Waals surface area contributed by atoms with E-state index in [1.807, 2.05) is 0 Å². The van der Waals surface area contributed by atoms with Crippen LogP contribution in [-0.4, -0.2) is 42.0 Å². The van der Waals surface area contributed by atoms with Crippen LogP contribution in [0.4, 0.5) is 9.59 Å². The second kappa shape index (κ2) is 5.65. The first kappa shape index (κ1) is 13.5. The molecule has 1 atom stereocenters. The molecule has 0 aliphatic carbocycles. The number of alkyl halides is 3. The lowest BCUT2D eigenvalue weighted by Crippen LogP contribution is -2.23. The van der Waals surface area contributed by atoms with E-state index in [9.17, 15) is 9.59 Å². The summed E-state index contributed by atoms with van der Waals surface area (Å²) in [4.78, 5) is 21.4. The van der Waals surface area contributed by atoms with Gasteiger partial charge in [0.1, 0.15) is 19.8 Å². The number of ether oxygens (including phenoxy) is 4. The summed E-state index contributed by atoms with van der Waals surface area (Å²) in [5.74, 6) is 0. The van der Waals surface area contributed by atoms with Crippen molar-refractivity contribution in [3.63, 3.8) is 0 Å². The molecule has 0 aromatic heterocycles. The number of halogens is 3. The number of carbonyl (C=O) groups excluding carboxylic acids is 2. The van der Waals surface area contributed by atoms with E-state index in [1.54, 1.807) is 0 Å². The molecule has 1 fully saturated rings. The third-order valence-electron chi connectivity index (χ3n) is 1.39. The number of cyclic esters (lactones) is 2. The van der Waals surface area contributed by atoms with Gasteiger partial charge in [0.2, 0.25) is 3.79 Å². The highest BCUT2D eigenvalue weighted by Gasteiger charge is 2.27. The van der Waals surface area contributed by atoms with Gasteiger partial charge < -0.3 is 18.9 Å². The van der Waals surface area contributed by atoms with Crippen LogP contribution in [-0.2, 0) is 18.9 Å². The van der Waals surface area contributed by atoms with Gasteiger partial charge in [0.15, 0.2) is 6.10 Å². The first-order chi connectivity index (χ1) is 7.37. The van der Waals surface area contributed by atoms with E-state index in [4.69, 9.17) is 34.8 Å². The summed E-state index contributed by atoms with van der Waals surface area (Å²) in [7, 11) is 0. The van der Waals surface area contributed by atoms with Crippen LogP contribution in [0.25, 0.3) is 0 Å². The zero-order valence-electron chi connectivity index (χ0n) is 7.78. The van der Waals surface area contributed by atoms with Gasteiger partial charge in [-0.1, -0.05) is 34.8 Å². The zero-order chi connectivity index (χ0) is 12.2. The Morgan fingerprint density at radius 3 is 2.62 bits per heavy atom. The number of carbonyl (C=O) groups is 2. The maximum Gasteiger partial charge on any atom is 0.508 e. The minimum atomic E-state index is -1.69. The maximum absolute atomic E-state index is 10.9.